The predicted molar refractivity (Wildman–Crippen MR) is 93.9 cm³/mol. The van der Waals surface area contributed by atoms with E-state index >= 15 is 0 Å². The first-order valence-electron chi connectivity index (χ1n) is 7.39. The van der Waals surface area contributed by atoms with E-state index in [1.165, 1.54) is 12.1 Å². The smallest absolute Gasteiger partial charge is 0.224 e. The van der Waals surface area contributed by atoms with E-state index in [1.54, 1.807) is 38.5 Å². The molecule has 0 aromatic heterocycles. The number of benzene rings is 2. The summed E-state index contributed by atoms with van der Waals surface area (Å²) in [5, 5.41) is 2.90. The molecule has 0 radical (unpaired) electrons. The normalized spacial score (nSPS) is 11.7. The topological polar surface area (TPSA) is 47.6 Å². The Balaban J connectivity index is 2.08. The number of rotatable bonds is 6. The lowest BCUT2D eigenvalue weighted by Crippen LogP contribution is -2.28. The van der Waals surface area contributed by atoms with Gasteiger partial charge in [0, 0.05) is 4.47 Å². The van der Waals surface area contributed by atoms with E-state index in [4.69, 9.17) is 9.47 Å². The van der Waals surface area contributed by atoms with Crippen LogP contribution in [0.4, 0.5) is 4.39 Å². The Morgan fingerprint density at radius 2 is 1.75 bits per heavy atom. The number of carbonyl (C=O) groups excluding carboxylic acids is 1. The van der Waals surface area contributed by atoms with E-state index in [1.807, 2.05) is 6.92 Å². The van der Waals surface area contributed by atoms with E-state index in [2.05, 4.69) is 21.2 Å². The van der Waals surface area contributed by atoms with Crippen molar-refractivity contribution in [2.24, 2.45) is 0 Å². The highest BCUT2D eigenvalue weighted by molar-refractivity contribution is 9.10. The third kappa shape index (κ3) is 4.47. The molecule has 0 aliphatic carbocycles. The molecule has 0 spiro atoms. The number of hydrogen-bond donors (Lipinski definition) is 1. The lowest BCUT2D eigenvalue weighted by atomic mass is 10.1. The predicted octanol–water partition coefficient (Wildman–Crippen LogP) is 4.03. The molecular formula is C18H19BrFNO3. The first-order valence-corrected chi connectivity index (χ1v) is 8.19. The van der Waals surface area contributed by atoms with Gasteiger partial charge in [0.25, 0.3) is 0 Å². The highest BCUT2D eigenvalue weighted by Gasteiger charge is 2.15. The van der Waals surface area contributed by atoms with E-state index in [0.29, 0.717) is 11.5 Å². The molecule has 4 nitrogen and oxygen atoms in total. The Hall–Kier alpha value is -2.08. The van der Waals surface area contributed by atoms with Crippen molar-refractivity contribution < 1.29 is 18.7 Å². The molecule has 0 unspecified atom stereocenters. The minimum absolute atomic E-state index is 0.139. The maximum absolute atomic E-state index is 13.0. The molecule has 24 heavy (non-hydrogen) atoms. The van der Waals surface area contributed by atoms with Gasteiger partial charge in [-0.3, -0.25) is 4.79 Å². The van der Waals surface area contributed by atoms with Gasteiger partial charge in [0.1, 0.15) is 5.82 Å². The quantitative estimate of drug-likeness (QED) is 0.802. The first-order chi connectivity index (χ1) is 11.4. The van der Waals surface area contributed by atoms with Gasteiger partial charge >= 0.3 is 0 Å². The van der Waals surface area contributed by atoms with Gasteiger partial charge in [-0.25, -0.2) is 4.39 Å². The van der Waals surface area contributed by atoms with E-state index < -0.39 is 0 Å². The molecule has 2 rings (SSSR count). The SMILES string of the molecule is COc1cc(Br)c(CC(=O)N[C@@H](C)c2ccc(F)cc2)cc1OC. The zero-order valence-corrected chi connectivity index (χ0v) is 15.3. The van der Waals surface area contributed by atoms with E-state index in [-0.39, 0.29) is 24.2 Å². The molecule has 0 aliphatic heterocycles. The second-order valence-corrected chi connectivity index (χ2v) is 6.17. The molecule has 0 heterocycles. The Bertz CT molecular complexity index is 719. The summed E-state index contributed by atoms with van der Waals surface area (Å²) in [4.78, 5) is 12.3. The number of nitrogens with one attached hydrogen (secondary N) is 1. The summed E-state index contributed by atoms with van der Waals surface area (Å²) in [7, 11) is 3.10. The molecule has 0 saturated heterocycles. The molecule has 0 aliphatic rings. The molecule has 0 fully saturated rings. The van der Waals surface area contributed by atoms with Crippen LogP contribution in [0.1, 0.15) is 24.1 Å². The zero-order chi connectivity index (χ0) is 17.7. The fourth-order valence-electron chi connectivity index (χ4n) is 2.33. The fourth-order valence-corrected chi connectivity index (χ4v) is 2.79. The molecule has 1 atom stereocenters. The van der Waals surface area contributed by atoms with Crippen molar-refractivity contribution >= 4 is 21.8 Å². The maximum Gasteiger partial charge on any atom is 0.224 e. The van der Waals surface area contributed by atoms with Crippen LogP contribution in [0.2, 0.25) is 0 Å². The largest absolute Gasteiger partial charge is 0.493 e. The molecule has 0 saturated carbocycles. The van der Waals surface area contributed by atoms with Crippen LogP contribution in [0.15, 0.2) is 40.9 Å². The Morgan fingerprint density at radius 1 is 1.17 bits per heavy atom. The molecule has 2 aromatic rings. The van der Waals surface area contributed by atoms with Crippen molar-refractivity contribution in [3.63, 3.8) is 0 Å². The second kappa shape index (κ2) is 8.15. The Kier molecular flexibility index (Phi) is 6.20. The van der Waals surface area contributed by atoms with Crippen molar-refractivity contribution in [1.29, 1.82) is 0 Å². The molecule has 1 N–H and O–H groups in total. The molecule has 6 heteroatoms. The highest BCUT2D eigenvalue weighted by Crippen LogP contribution is 2.33. The molecule has 1 amide bonds. The van der Waals surface area contributed by atoms with Crippen LogP contribution >= 0.6 is 15.9 Å². The number of carbonyl (C=O) groups is 1. The highest BCUT2D eigenvalue weighted by atomic mass is 79.9. The second-order valence-electron chi connectivity index (χ2n) is 5.32. The lowest BCUT2D eigenvalue weighted by Gasteiger charge is -2.16. The minimum atomic E-state index is -0.300. The summed E-state index contributed by atoms with van der Waals surface area (Å²) in [6.07, 6.45) is 0.187. The number of halogens is 2. The van der Waals surface area contributed by atoms with Crippen molar-refractivity contribution in [3.8, 4) is 11.5 Å². The van der Waals surface area contributed by atoms with E-state index in [9.17, 15) is 9.18 Å². The molecule has 128 valence electrons. The third-order valence-corrected chi connectivity index (χ3v) is 4.39. The van der Waals surface area contributed by atoms with Gasteiger partial charge in [-0.1, -0.05) is 28.1 Å². The summed E-state index contributed by atoms with van der Waals surface area (Å²) in [5.74, 6) is 0.717. The molecule has 2 aromatic carbocycles. The van der Waals surface area contributed by atoms with E-state index in [0.717, 1.165) is 15.6 Å². The van der Waals surface area contributed by atoms with Crippen molar-refractivity contribution in [1.82, 2.24) is 5.32 Å². The molecular weight excluding hydrogens is 377 g/mol. The van der Waals surface area contributed by atoms with Crippen LogP contribution in [-0.4, -0.2) is 20.1 Å². The van der Waals surface area contributed by atoms with Crippen LogP contribution in [0, 0.1) is 5.82 Å². The summed E-state index contributed by atoms with van der Waals surface area (Å²) < 4.78 is 24.2. The summed E-state index contributed by atoms with van der Waals surface area (Å²) in [6, 6.07) is 9.40. The number of methoxy groups -OCH3 is 2. The van der Waals surface area contributed by atoms with Gasteiger partial charge in [0.05, 0.1) is 26.7 Å². The van der Waals surface area contributed by atoms with Gasteiger partial charge in [-0.2, -0.15) is 0 Å². The van der Waals surface area contributed by atoms with Crippen molar-refractivity contribution in [2.45, 2.75) is 19.4 Å². The lowest BCUT2D eigenvalue weighted by molar-refractivity contribution is -0.121. The first kappa shape index (κ1) is 18.3. The number of hydrogen-bond acceptors (Lipinski definition) is 3. The summed E-state index contributed by atoms with van der Waals surface area (Å²) in [5.41, 5.74) is 1.63. The Labute approximate surface area is 149 Å². The van der Waals surface area contributed by atoms with Crippen LogP contribution in [-0.2, 0) is 11.2 Å². The average Bonchev–Trinajstić information content (AvgIpc) is 2.56. The Morgan fingerprint density at radius 3 is 2.33 bits per heavy atom. The van der Waals surface area contributed by atoms with Gasteiger partial charge in [0.15, 0.2) is 11.5 Å². The zero-order valence-electron chi connectivity index (χ0n) is 13.7. The fraction of sp³-hybridized carbons (Fsp3) is 0.278. The number of amides is 1. The van der Waals surface area contributed by atoms with Crippen molar-refractivity contribution in [3.05, 3.63) is 57.8 Å². The van der Waals surface area contributed by atoms with Crippen molar-refractivity contribution in [2.75, 3.05) is 14.2 Å². The van der Waals surface area contributed by atoms with Gasteiger partial charge < -0.3 is 14.8 Å². The van der Waals surface area contributed by atoms with Gasteiger partial charge in [-0.05, 0) is 42.3 Å². The summed E-state index contributed by atoms with van der Waals surface area (Å²) >= 11 is 3.44. The van der Waals surface area contributed by atoms with Crippen LogP contribution in [0.5, 0.6) is 11.5 Å². The molecule has 0 bridgehead atoms. The van der Waals surface area contributed by atoms with Gasteiger partial charge in [0.2, 0.25) is 5.91 Å². The monoisotopic (exact) mass is 395 g/mol. The maximum atomic E-state index is 13.0. The average molecular weight is 396 g/mol. The van der Waals surface area contributed by atoms with Crippen LogP contribution < -0.4 is 14.8 Å². The number of ether oxygens (including phenoxy) is 2. The van der Waals surface area contributed by atoms with Gasteiger partial charge in [-0.15, -0.1) is 0 Å². The standard InChI is InChI=1S/C18H19BrFNO3/c1-11(12-4-6-14(20)7-5-12)21-18(22)9-13-8-16(23-2)17(24-3)10-15(13)19/h4-8,10-11H,9H2,1-3H3,(H,21,22)/t11-/m0/s1. The summed E-state index contributed by atoms with van der Waals surface area (Å²) in [6.45, 7) is 1.86. The van der Waals surface area contributed by atoms with Crippen LogP contribution in [0.25, 0.3) is 0 Å². The third-order valence-electron chi connectivity index (χ3n) is 3.65. The van der Waals surface area contributed by atoms with Crippen LogP contribution in [0.3, 0.4) is 0 Å². The minimum Gasteiger partial charge on any atom is -0.493 e.